The Kier molecular flexibility index (Phi) is 5.29. The molecule has 0 fully saturated rings. The lowest BCUT2D eigenvalue weighted by Crippen LogP contribution is -2.16. The van der Waals surface area contributed by atoms with Crippen LogP contribution in [0, 0.1) is 6.92 Å². The summed E-state index contributed by atoms with van der Waals surface area (Å²) < 4.78 is 32.4. The number of furan rings is 1. The lowest BCUT2D eigenvalue weighted by molar-refractivity contribution is 0.102. The first-order chi connectivity index (χ1) is 14.4. The highest BCUT2D eigenvalue weighted by Crippen LogP contribution is 2.28. The second-order valence-electron chi connectivity index (χ2n) is 6.06. The van der Waals surface area contributed by atoms with E-state index in [1.165, 1.54) is 48.0 Å². The molecule has 0 radical (unpaired) electrons. The van der Waals surface area contributed by atoms with E-state index in [-0.39, 0.29) is 16.5 Å². The van der Waals surface area contributed by atoms with Gasteiger partial charge in [0, 0.05) is 23.0 Å². The number of carbonyl (C=O) groups excluding carboxylic acids is 1. The molecule has 0 saturated heterocycles. The topological polar surface area (TPSA) is 127 Å². The third-order valence-corrected chi connectivity index (χ3v) is 6.29. The fourth-order valence-electron chi connectivity index (χ4n) is 2.55. The maximum Gasteiger partial charge on any atom is 0.275 e. The van der Waals surface area contributed by atoms with Gasteiger partial charge in [-0.05, 0) is 49.4 Å². The van der Waals surface area contributed by atoms with Gasteiger partial charge in [0.2, 0.25) is 5.95 Å². The van der Waals surface area contributed by atoms with Gasteiger partial charge in [0.05, 0.1) is 11.2 Å². The lowest BCUT2D eigenvalue weighted by Gasteiger charge is -2.08. The zero-order valence-corrected chi connectivity index (χ0v) is 17.2. The summed E-state index contributed by atoms with van der Waals surface area (Å²) in [4.78, 5) is 25.4. The Labute approximate surface area is 175 Å². The zero-order chi connectivity index (χ0) is 21.1. The number of anilines is 2. The molecule has 0 spiro atoms. The summed E-state index contributed by atoms with van der Waals surface area (Å²) in [5, 5.41) is 3.33. The molecule has 0 aliphatic heterocycles. The number of nitrogens with zero attached hydrogens (tertiary/aromatic N) is 3. The maximum absolute atomic E-state index is 12.6. The summed E-state index contributed by atoms with van der Waals surface area (Å²) in [5.41, 5.74) is 0.716. The highest BCUT2D eigenvalue weighted by molar-refractivity contribution is 7.92. The van der Waals surface area contributed by atoms with Crippen molar-refractivity contribution in [2.75, 3.05) is 10.0 Å². The minimum atomic E-state index is -3.85. The summed E-state index contributed by atoms with van der Waals surface area (Å²) in [7, 11) is -3.85. The van der Waals surface area contributed by atoms with E-state index in [0.717, 1.165) is 4.88 Å². The molecule has 3 aromatic heterocycles. The van der Waals surface area contributed by atoms with Gasteiger partial charge in [0.1, 0.15) is 5.69 Å². The number of sulfonamides is 1. The number of amides is 1. The number of aryl methyl sites for hydroxylation is 1. The Bertz CT molecular complexity index is 1270. The van der Waals surface area contributed by atoms with Crippen molar-refractivity contribution in [1.82, 2.24) is 15.0 Å². The minimum absolute atomic E-state index is 0.0119. The molecular weight excluding hydrogens is 426 g/mol. The first-order valence-corrected chi connectivity index (χ1v) is 10.9. The molecular formula is C19H15N5O4S2. The van der Waals surface area contributed by atoms with Gasteiger partial charge in [0.25, 0.3) is 15.9 Å². The van der Waals surface area contributed by atoms with Crippen molar-refractivity contribution in [3.05, 3.63) is 71.7 Å². The summed E-state index contributed by atoms with van der Waals surface area (Å²) in [6.07, 6.45) is 4.41. The Morgan fingerprint density at radius 2 is 1.80 bits per heavy atom. The van der Waals surface area contributed by atoms with Gasteiger partial charge < -0.3 is 9.73 Å². The quantitative estimate of drug-likeness (QED) is 0.468. The van der Waals surface area contributed by atoms with Gasteiger partial charge in [-0.3, -0.25) is 4.79 Å². The summed E-state index contributed by atoms with van der Waals surface area (Å²) in [6, 6.07) is 10.8. The first kappa shape index (κ1) is 19.7. The number of nitrogens with one attached hydrogen (secondary N) is 2. The lowest BCUT2D eigenvalue weighted by atomic mass is 10.3. The Morgan fingerprint density at radius 3 is 2.47 bits per heavy atom. The number of carbonyl (C=O) groups is 1. The largest absolute Gasteiger partial charge is 0.462 e. The highest BCUT2D eigenvalue weighted by atomic mass is 32.2. The fourth-order valence-corrected chi connectivity index (χ4v) is 4.39. The van der Waals surface area contributed by atoms with Crippen molar-refractivity contribution in [2.24, 2.45) is 0 Å². The standard InChI is InChI=1S/C19H15N5O4S2/c1-12-16(23-18(29-12)15-4-2-11-28-15)17(25)22-13-5-7-14(8-6-13)30(26,27)24-19-20-9-3-10-21-19/h2-11H,1H3,(H,22,25)(H,20,21,24). The van der Waals surface area contributed by atoms with Crippen LogP contribution >= 0.6 is 11.3 Å². The van der Waals surface area contributed by atoms with Gasteiger partial charge in [-0.1, -0.05) is 0 Å². The van der Waals surface area contributed by atoms with E-state index in [2.05, 4.69) is 25.0 Å². The molecule has 9 nitrogen and oxygen atoms in total. The molecule has 4 rings (SSSR count). The molecule has 2 N–H and O–H groups in total. The van der Waals surface area contributed by atoms with Gasteiger partial charge in [-0.25, -0.2) is 28.1 Å². The van der Waals surface area contributed by atoms with Crippen LogP contribution in [0.4, 0.5) is 11.6 Å². The number of aromatic nitrogens is 3. The molecule has 11 heteroatoms. The van der Waals surface area contributed by atoms with Crippen molar-refractivity contribution in [1.29, 1.82) is 0 Å². The van der Waals surface area contributed by atoms with Crippen LogP contribution in [0.2, 0.25) is 0 Å². The molecule has 0 bridgehead atoms. The van der Waals surface area contributed by atoms with Crippen molar-refractivity contribution >= 4 is 38.9 Å². The first-order valence-electron chi connectivity index (χ1n) is 8.65. The third kappa shape index (κ3) is 4.21. The number of benzene rings is 1. The van der Waals surface area contributed by atoms with Crippen LogP contribution < -0.4 is 10.0 Å². The molecule has 4 aromatic rings. The predicted octanol–water partition coefficient (Wildman–Crippen LogP) is 3.55. The number of rotatable bonds is 6. The Morgan fingerprint density at radius 1 is 1.07 bits per heavy atom. The number of hydrogen-bond acceptors (Lipinski definition) is 8. The molecule has 0 saturated carbocycles. The molecule has 3 heterocycles. The molecule has 152 valence electrons. The van der Waals surface area contributed by atoms with Crippen LogP contribution in [-0.2, 0) is 10.0 Å². The molecule has 1 aromatic carbocycles. The molecule has 0 unspecified atom stereocenters. The van der Waals surface area contributed by atoms with E-state index in [9.17, 15) is 13.2 Å². The van der Waals surface area contributed by atoms with Crippen LogP contribution in [-0.4, -0.2) is 29.3 Å². The fraction of sp³-hybridized carbons (Fsp3) is 0.0526. The molecule has 0 atom stereocenters. The minimum Gasteiger partial charge on any atom is -0.462 e. The van der Waals surface area contributed by atoms with E-state index in [0.29, 0.717) is 16.5 Å². The Balaban J connectivity index is 1.48. The average Bonchev–Trinajstić information content (AvgIpc) is 3.38. The maximum atomic E-state index is 12.6. The second-order valence-corrected chi connectivity index (χ2v) is 8.94. The summed E-state index contributed by atoms with van der Waals surface area (Å²) in [6.45, 7) is 1.80. The van der Waals surface area contributed by atoms with Crippen molar-refractivity contribution in [3.63, 3.8) is 0 Å². The van der Waals surface area contributed by atoms with E-state index in [1.54, 1.807) is 31.4 Å². The van der Waals surface area contributed by atoms with Crippen LogP contribution in [0.1, 0.15) is 15.4 Å². The molecule has 30 heavy (non-hydrogen) atoms. The van der Waals surface area contributed by atoms with Crippen LogP contribution in [0.15, 0.2) is 70.4 Å². The van der Waals surface area contributed by atoms with Crippen LogP contribution in [0.25, 0.3) is 10.8 Å². The second kappa shape index (κ2) is 8.05. The van der Waals surface area contributed by atoms with E-state index in [1.807, 2.05) is 0 Å². The SMILES string of the molecule is Cc1sc(-c2ccco2)nc1C(=O)Nc1ccc(S(=O)(=O)Nc2ncccn2)cc1. The molecule has 1 amide bonds. The van der Waals surface area contributed by atoms with Gasteiger partial charge in [0.15, 0.2) is 10.8 Å². The zero-order valence-electron chi connectivity index (χ0n) is 15.6. The van der Waals surface area contributed by atoms with Crippen LogP contribution in [0.5, 0.6) is 0 Å². The predicted molar refractivity (Wildman–Crippen MR) is 112 cm³/mol. The number of thiazole rings is 1. The van der Waals surface area contributed by atoms with E-state index < -0.39 is 15.9 Å². The van der Waals surface area contributed by atoms with Crippen molar-refractivity contribution < 1.29 is 17.6 Å². The normalized spacial score (nSPS) is 11.2. The summed E-state index contributed by atoms with van der Waals surface area (Å²) >= 11 is 1.35. The molecule has 0 aliphatic carbocycles. The van der Waals surface area contributed by atoms with Crippen molar-refractivity contribution in [2.45, 2.75) is 11.8 Å². The highest BCUT2D eigenvalue weighted by Gasteiger charge is 2.19. The van der Waals surface area contributed by atoms with Crippen LogP contribution in [0.3, 0.4) is 0 Å². The average molecular weight is 441 g/mol. The Hall–Kier alpha value is -3.57. The van der Waals surface area contributed by atoms with E-state index >= 15 is 0 Å². The van der Waals surface area contributed by atoms with Gasteiger partial charge in [-0.15, -0.1) is 11.3 Å². The smallest absolute Gasteiger partial charge is 0.275 e. The number of hydrogen-bond donors (Lipinski definition) is 2. The third-order valence-electron chi connectivity index (χ3n) is 3.96. The van der Waals surface area contributed by atoms with Gasteiger partial charge in [-0.2, -0.15) is 0 Å². The monoisotopic (exact) mass is 441 g/mol. The molecule has 0 aliphatic rings. The van der Waals surface area contributed by atoms with Crippen molar-refractivity contribution in [3.8, 4) is 10.8 Å². The van der Waals surface area contributed by atoms with Gasteiger partial charge >= 0.3 is 0 Å². The van der Waals surface area contributed by atoms with E-state index in [4.69, 9.17) is 4.42 Å². The summed E-state index contributed by atoms with van der Waals surface area (Å²) in [5.74, 6) is 0.167.